The zero-order valence-electron chi connectivity index (χ0n) is 13.9. The van der Waals surface area contributed by atoms with E-state index in [0.29, 0.717) is 17.4 Å². The van der Waals surface area contributed by atoms with Gasteiger partial charge in [-0.25, -0.2) is 14.0 Å². The Morgan fingerprint density at radius 2 is 1.78 bits per heavy atom. The number of carboxylic acids is 2. The number of nitrogens with zero attached hydrogens (tertiary/aromatic N) is 1. The highest BCUT2D eigenvalue weighted by Crippen LogP contribution is 2.32. The predicted molar refractivity (Wildman–Crippen MR) is 96.2 cm³/mol. The number of carboxylic acid groups (broad SMARTS) is 2. The van der Waals surface area contributed by atoms with E-state index in [4.69, 9.17) is 5.11 Å². The van der Waals surface area contributed by atoms with Crippen molar-refractivity contribution in [1.29, 1.82) is 0 Å². The van der Waals surface area contributed by atoms with E-state index in [2.05, 4.69) is 4.98 Å². The number of hydrogen-bond donors (Lipinski definition) is 3. The number of fused-ring (bicyclic) bond motifs is 1. The van der Waals surface area contributed by atoms with Crippen molar-refractivity contribution in [2.75, 3.05) is 0 Å². The summed E-state index contributed by atoms with van der Waals surface area (Å²) < 4.78 is 13.0. The molecule has 6 nitrogen and oxygen atoms in total. The molecule has 0 spiro atoms. The SMILES string of the molecule is O=C(O)C=Cc1cc(C(=O)O)c(O)c2ncc(Cc3ccc(F)cc3)cc12. The Bertz CT molecular complexity index is 1070. The van der Waals surface area contributed by atoms with Crippen molar-refractivity contribution in [2.45, 2.75) is 6.42 Å². The summed E-state index contributed by atoms with van der Waals surface area (Å²) in [6.45, 7) is 0. The number of aliphatic carboxylic acids is 1. The molecule has 0 aliphatic rings. The summed E-state index contributed by atoms with van der Waals surface area (Å²) in [4.78, 5) is 26.3. The van der Waals surface area contributed by atoms with Gasteiger partial charge in [-0.1, -0.05) is 12.1 Å². The topological polar surface area (TPSA) is 108 Å². The number of rotatable bonds is 5. The van der Waals surface area contributed by atoms with Crippen LogP contribution in [-0.4, -0.2) is 32.2 Å². The molecule has 0 bridgehead atoms. The highest BCUT2D eigenvalue weighted by molar-refractivity contribution is 6.03. The average Bonchev–Trinajstić information content (AvgIpc) is 2.62. The third kappa shape index (κ3) is 3.92. The van der Waals surface area contributed by atoms with Crippen molar-refractivity contribution < 1.29 is 29.3 Å². The lowest BCUT2D eigenvalue weighted by molar-refractivity contribution is -0.131. The molecule has 136 valence electrons. The Morgan fingerprint density at radius 3 is 2.41 bits per heavy atom. The minimum absolute atomic E-state index is 0.0581. The monoisotopic (exact) mass is 367 g/mol. The first kappa shape index (κ1) is 18.1. The molecule has 3 rings (SSSR count). The van der Waals surface area contributed by atoms with E-state index in [1.165, 1.54) is 30.5 Å². The first-order valence-corrected chi connectivity index (χ1v) is 7.88. The Labute approximate surface area is 152 Å². The van der Waals surface area contributed by atoms with Crippen molar-refractivity contribution in [2.24, 2.45) is 0 Å². The van der Waals surface area contributed by atoms with E-state index in [9.17, 15) is 24.2 Å². The number of phenols is 1. The number of pyridine rings is 1. The minimum atomic E-state index is -1.35. The fourth-order valence-electron chi connectivity index (χ4n) is 2.74. The second kappa shape index (κ2) is 7.25. The van der Waals surface area contributed by atoms with Gasteiger partial charge in [0.1, 0.15) is 16.9 Å². The zero-order chi connectivity index (χ0) is 19.6. The van der Waals surface area contributed by atoms with Gasteiger partial charge in [0, 0.05) is 17.7 Å². The molecule has 1 aromatic heterocycles. The van der Waals surface area contributed by atoms with Crippen LogP contribution in [0.3, 0.4) is 0 Å². The van der Waals surface area contributed by atoms with E-state index in [0.717, 1.165) is 17.2 Å². The molecule has 0 aliphatic heterocycles. The smallest absolute Gasteiger partial charge is 0.339 e. The van der Waals surface area contributed by atoms with Crippen LogP contribution < -0.4 is 0 Å². The molecule has 3 aromatic rings. The number of halogens is 1. The minimum Gasteiger partial charge on any atom is -0.505 e. The summed E-state index contributed by atoms with van der Waals surface area (Å²) in [7, 11) is 0. The molecule has 7 heteroatoms. The second-order valence-electron chi connectivity index (χ2n) is 5.88. The van der Waals surface area contributed by atoms with Crippen molar-refractivity contribution >= 4 is 28.9 Å². The number of carbonyl (C=O) groups is 2. The van der Waals surface area contributed by atoms with E-state index >= 15 is 0 Å². The Hall–Kier alpha value is -3.74. The second-order valence-corrected chi connectivity index (χ2v) is 5.88. The molecule has 0 aliphatic carbocycles. The van der Waals surface area contributed by atoms with Crippen LogP contribution in [0.1, 0.15) is 27.0 Å². The third-order valence-corrected chi connectivity index (χ3v) is 3.99. The van der Waals surface area contributed by atoms with Gasteiger partial charge in [-0.05, 0) is 53.5 Å². The summed E-state index contributed by atoms with van der Waals surface area (Å²) in [6, 6.07) is 8.85. The zero-order valence-corrected chi connectivity index (χ0v) is 13.9. The van der Waals surface area contributed by atoms with Gasteiger partial charge in [-0.2, -0.15) is 0 Å². The highest BCUT2D eigenvalue weighted by atomic mass is 19.1. The summed E-state index contributed by atoms with van der Waals surface area (Å²) in [5.74, 6) is -3.37. The Morgan fingerprint density at radius 1 is 1.07 bits per heavy atom. The molecule has 0 saturated heterocycles. The van der Waals surface area contributed by atoms with Crippen LogP contribution in [0.25, 0.3) is 17.0 Å². The van der Waals surface area contributed by atoms with Gasteiger partial charge < -0.3 is 15.3 Å². The summed E-state index contributed by atoms with van der Waals surface area (Å²) in [5, 5.41) is 28.7. The Kier molecular flexibility index (Phi) is 4.85. The molecule has 27 heavy (non-hydrogen) atoms. The van der Waals surface area contributed by atoms with Gasteiger partial charge in [0.05, 0.1) is 0 Å². The summed E-state index contributed by atoms with van der Waals surface area (Å²) in [5.41, 5.74) is 1.57. The average molecular weight is 367 g/mol. The van der Waals surface area contributed by atoms with Crippen LogP contribution in [0.2, 0.25) is 0 Å². The molecule has 0 atom stereocenters. The van der Waals surface area contributed by atoms with Crippen LogP contribution >= 0.6 is 0 Å². The number of benzene rings is 2. The van der Waals surface area contributed by atoms with Gasteiger partial charge in [-0.15, -0.1) is 0 Å². The molecule has 0 amide bonds. The molecule has 3 N–H and O–H groups in total. The quantitative estimate of drug-likeness (QED) is 0.596. The van der Waals surface area contributed by atoms with Gasteiger partial charge >= 0.3 is 11.9 Å². The number of aromatic hydroxyl groups is 1. The van der Waals surface area contributed by atoms with Crippen molar-refractivity contribution in [3.05, 3.63) is 76.7 Å². The summed E-state index contributed by atoms with van der Waals surface area (Å²) >= 11 is 0. The van der Waals surface area contributed by atoms with Crippen molar-refractivity contribution in [1.82, 2.24) is 4.98 Å². The van der Waals surface area contributed by atoms with Crippen LogP contribution in [0.4, 0.5) is 4.39 Å². The molecule has 0 radical (unpaired) electrons. The normalized spacial score (nSPS) is 11.1. The van der Waals surface area contributed by atoms with Gasteiger partial charge in [0.2, 0.25) is 0 Å². The number of aromatic nitrogens is 1. The summed E-state index contributed by atoms with van der Waals surface area (Å²) in [6.07, 6.45) is 4.05. The Balaban J connectivity index is 2.14. The first-order valence-electron chi connectivity index (χ1n) is 7.88. The highest BCUT2D eigenvalue weighted by Gasteiger charge is 2.17. The fourth-order valence-corrected chi connectivity index (χ4v) is 2.74. The molecular weight excluding hydrogens is 353 g/mol. The maximum absolute atomic E-state index is 13.0. The van der Waals surface area contributed by atoms with Crippen LogP contribution in [0.15, 0.2) is 48.7 Å². The van der Waals surface area contributed by atoms with Gasteiger partial charge in [0.25, 0.3) is 0 Å². The van der Waals surface area contributed by atoms with Crippen LogP contribution in [-0.2, 0) is 11.2 Å². The number of aromatic carboxylic acids is 1. The van der Waals surface area contributed by atoms with Gasteiger partial charge in [-0.3, -0.25) is 4.98 Å². The van der Waals surface area contributed by atoms with E-state index in [1.807, 2.05) is 0 Å². The standard InChI is InChI=1S/C20H14FNO5/c21-14-4-1-11(2-5-14)7-12-8-15-13(3-6-17(23)24)9-16(20(26)27)19(25)18(15)22-10-12/h1-6,8-10,25H,7H2,(H,23,24)(H,26,27). The lowest BCUT2D eigenvalue weighted by atomic mass is 9.99. The lowest BCUT2D eigenvalue weighted by Gasteiger charge is -2.10. The first-order chi connectivity index (χ1) is 12.8. The molecule has 0 saturated carbocycles. The molecule has 0 fully saturated rings. The van der Waals surface area contributed by atoms with E-state index < -0.39 is 17.7 Å². The van der Waals surface area contributed by atoms with E-state index in [1.54, 1.807) is 18.2 Å². The van der Waals surface area contributed by atoms with Gasteiger partial charge in [0.15, 0.2) is 5.75 Å². The fraction of sp³-hybridized carbons (Fsp3) is 0.0500. The predicted octanol–water partition coefficient (Wildman–Crippen LogP) is 3.47. The van der Waals surface area contributed by atoms with E-state index in [-0.39, 0.29) is 16.9 Å². The molecular formula is C20H14FNO5. The van der Waals surface area contributed by atoms with Crippen molar-refractivity contribution in [3.63, 3.8) is 0 Å². The molecule has 2 aromatic carbocycles. The van der Waals surface area contributed by atoms with Crippen molar-refractivity contribution in [3.8, 4) is 5.75 Å². The molecule has 0 unspecified atom stereocenters. The third-order valence-electron chi connectivity index (χ3n) is 3.99. The maximum atomic E-state index is 13.0. The van der Waals surface area contributed by atoms with Crippen LogP contribution in [0, 0.1) is 5.82 Å². The van der Waals surface area contributed by atoms with Crippen LogP contribution in [0.5, 0.6) is 5.75 Å². The molecule has 1 heterocycles. The maximum Gasteiger partial charge on any atom is 0.339 e. The lowest BCUT2D eigenvalue weighted by Crippen LogP contribution is -2.00. The largest absolute Gasteiger partial charge is 0.505 e. The number of hydrogen-bond acceptors (Lipinski definition) is 4.